The number of hydrogen-bond donors (Lipinski definition) is 0. The molecule has 0 saturated carbocycles. The molecule has 3 nitrogen and oxygen atoms in total. The molecule has 0 spiro atoms. The molecule has 1 aliphatic heterocycles. The number of benzene rings is 2. The first-order chi connectivity index (χ1) is 7.27. The number of rotatable bonds is 0. The first-order valence-electron chi connectivity index (χ1n) is 4.47. The number of carbonyl (C=O) groups excluding carboxylic acids is 1. The Kier molecular flexibility index (Phi) is 1.73. The zero-order valence-electron chi connectivity index (χ0n) is 7.61. The Morgan fingerprint density at radius 3 is 2.67 bits per heavy atom. The summed E-state index contributed by atoms with van der Waals surface area (Å²) in [6, 6.07) is 11.4. The van der Waals surface area contributed by atoms with Gasteiger partial charge in [-0.15, -0.1) is 0 Å². The van der Waals surface area contributed by atoms with Crippen LogP contribution in [0.1, 0.15) is 0 Å². The molecule has 0 aliphatic carbocycles. The SMILES string of the molecule is O=C1Oc2cccc3cccc(c23)N1Br. The smallest absolute Gasteiger partial charge is 0.409 e. The van der Waals surface area contributed by atoms with E-state index in [1.807, 2.05) is 30.3 Å². The van der Waals surface area contributed by atoms with Crippen LogP contribution in [0.3, 0.4) is 0 Å². The van der Waals surface area contributed by atoms with Crippen molar-refractivity contribution in [3.05, 3.63) is 36.4 Å². The van der Waals surface area contributed by atoms with E-state index >= 15 is 0 Å². The first-order valence-corrected chi connectivity index (χ1v) is 5.18. The molecule has 2 aromatic carbocycles. The van der Waals surface area contributed by atoms with Crippen LogP contribution in [0, 0.1) is 0 Å². The van der Waals surface area contributed by atoms with Gasteiger partial charge in [-0.2, -0.15) is 0 Å². The third kappa shape index (κ3) is 1.15. The van der Waals surface area contributed by atoms with Gasteiger partial charge in [0.15, 0.2) is 0 Å². The van der Waals surface area contributed by atoms with Crippen molar-refractivity contribution in [3.8, 4) is 5.75 Å². The number of ether oxygens (including phenoxy) is 1. The zero-order chi connectivity index (χ0) is 10.4. The normalized spacial score (nSPS) is 14.2. The lowest BCUT2D eigenvalue weighted by molar-refractivity contribution is 0.212. The Bertz CT molecular complexity index is 562. The van der Waals surface area contributed by atoms with Crippen LogP contribution in [-0.2, 0) is 0 Å². The fraction of sp³-hybridized carbons (Fsp3) is 0. The molecule has 0 bridgehead atoms. The minimum Gasteiger partial charge on any atom is -0.409 e. The third-order valence-electron chi connectivity index (χ3n) is 2.41. The molecule has 0 radical (unpaired) electrons. The Balaban J connectivity index is 2.46. The average Bonchev–Trinajstić information content (AvgIpc) is 2.26. The molecule has 1 aliphatic rings. The van der Waals surface area contributed by atoms with Crippen LogP contribution >= 0.6 is 16.1 Å². The molecular weight excluding hydrogens is 258 g/mol. The van der Waals surface area contributed by atoms with E-state index in [-0.39, 0.29) is 0 Å². The maximum absolute atomic E-state index is 11.5. The Morgan fingerprint density at radius 1 is 1.13 bits per heavy atom. The highest BCUT2D eigenvalue weighted by molar-refractivity contribution is 9.10. The molecular formula is C11H6BrNO2. The van der Waals surface area contributed by atoms with E-state index in [4.69, 9.17) is 4.74 Å². The van der Waals surface area contributed by atoms with Gasteiger partial charge in [0, 0.05) is 5.39 Å². The summed E-state index contributed by atoms with van der Waals surface area (Å²) in [6.07, 6.45) is -0.416. The number of nitrogens with zero attached hydrogens (tertiary/aromatic N) is 1. The van der Waals surface area contributed by atoms with Gasteiger partial charge in [0.2, 0.25) is 0 Å². The summed E-state index contributed by atoms with van der Waals surface area (Å²) in [4.78, 5) is 11.5. The van der Waals surface area contributed by atoms with Gasteiger partial charge in [-0.25, -0.2) is 8.72 Å². The summed E-state index contributed by atoms with van der Waals surface area (Å²) in [7, 11) is 0. The second-order valence-corrected chi connectivity index (χ2v) is 3.99. The van der Waals surface area contributed by atoms with Crippen molar-refractivity contribution in [1.82, 2.24) is 0 Å². The van der Waals surface area contributed by atoms with Crippen LogP contribution in [0.5, 0.6) is 5.75 Å². The predicted molar refractivity (Wildman–Crippen MR) is 61.4 cm³/mol. The van der Waals surface area contributed by atoms with Gasteiger partial charge < -0.3 is 4.74 Å². The number of anilines is 1. The highest BCUT2D eigenvalue weighted by Gasteiger charge is 2.25. The summed E-state index contributed by atoms with van der Waals surface area (Å²) < 4.78 is 6.49. The lowest BCUT2D eigenvalue weighted by atomic mass is 10.1. The van der Waals surface area contributed by atoms with E-state index in [0.717, 1.165) is 16.5 Å². The van der Waals surface area contributed by atoms with E-state index in [1.165, 1.54) is 3.93 Å². The fourth-order valence-electron chi connectivity index (χ4n) is 1.77. The average molecular weight is 264 g/mol. The van der Waals surface area contributed by atoms with Crippen molar-refractivity contribution in [2.24, 2.45) is 0 Å². The number of halogens is 1. The second-order valence-electron chi connectivity index (χ2n) is 3.28. The monoisotopic (exact) mass is 263 g/mol. The van der Waals surface area contributed by atoms with Crippen LogP contribution in [0.2, 0.25) is 0 Å². The standard InChI is InChI=1S/C11H6BrNO2/c12-13-8-5-1-3-7-4-2-6-9(10(7)8)15-11(13)14/h1-6H. The molecule has 0 aromatic heterocycles. The Hall–Kier alpha value is -1.55. The molecule has 0 saturated heterocycles. The van der Waals surface area contributed by atoms with Gasteiger partial charge in [-0.3, -0.25) is 0 Å². The van der Waals surface area contributed by atoms with Crippen molar-refractivity contribution in [2.75, 3.05) is 3.93 Å². The highest BCUT2D eigenvalue weighted by atomic mass is 79.9. The maximum Gasteiger partial charge on any atom is 0.430 e. The second kappa shape index (κ2) is 2.97. The van der Waals surface area contributed by atoms with Crippen LogP contribution < -0.4 is 8.66 Å². The molecule has 74 valence electrons. The first kappa shape index (κ1) is 8.73. The topological polar surface area (TPSA) is 29.5 Å². The van der Waals surface area contributed by atoms with Gasteiger partial charge in [0.05, 0.1) is 21.8 Å². The summed E-state index contributed by atoms with van der Waals surface area (Å²) in [5, 5.41) is 2.01. The van der Waals surface area contributed by atoms with Crippen LogP contribution in [0.25, 0.3) is 10.8 Å². The Labute approximate surface area is 94.6 Å². The molecule has 1 amide bonds. The van der Waals surface area contributed by atoms with Crippen LogP contribution in [0.4, 0.5) is 10.5 Å². The van der Waals surface area contributed by atoms with Crippen molar-refractivity contribution in [2.45, 2.75) is 0 Å². The van der Waals surface area contributed by atoms with Crippen molar-refractivity contribution in [1.29, 1.82) is 0 Å². The fourth-order valence-corrected chi connectivity index (χ4v) is 2.14. The minimum absolute atomic E-state index is 0.416. The van der Waals surface area contributed by atoms with Gasteiger partial charge in [0.25, 0.3) is 0 Å². The van der Waals surface area contributed by atoms with Crippen LogP contribution in [0.15, 0.2) is 36.4 Å². The molecule has 0 fully saturated rings. The van der Waals surface area contributed by atoms with E-state index in [0.29, 0.717) is 5.75 Å². The molecule has 3 rings (SSSR count). The zero-order valence-corrected chi connectivity index (χ0v) is 9.19. The van der Waals surface area contributed by atoms with Crippen molar-refractivity contribution in [3.63, 3.8) is 0 Å². The highest BCUT2D eigenvalue weighted by Crippen LogP contribution is 2.39. The van der Waals surface area contributed by atoms with E-state index in [1.54, 1.807) is 6.07 Å². The molecule has 0 atom stereocenters. The molecule has 2 aromatic rings. The summed E-state index contributed by atoms with van der Waals surface area (Å²) in [5.41, 5.74) is 0.819. The summed E-state index contributed by atoms with van der Waals surface area (Å²) in [5.74, 6) is 0.615. The minimum atomic E-state index is -0.416. The lowest BCUT2D eigenvalue weighted by Crippen LogP contribution is -2.27. The van der Waals surface area contributed by atoms with Crippen molar-refractivity contribution >= 4 is 38.7 Å². The largest absolute Gasteiger partial charge is 0.430 e. The van der Waals surface area contributed by atoms with Gasteiger partial charge >= 0.3 is 6.09 Å². The van der Waals surface area contributed by atoms with E-state index in [2.05, 4.69) is 16.1 Å². The number of amides is 1. The van der Waals surface area contributed by atoms with E-state index < -0.39 is 6.09 Å². The predicted octanol–water partition coefficient (Wildman–Crippen LogP) is 3.47. The molecule has 0 N–H and O–H groups in total. The number of carbonyl (C=O) groups is 1. The number of hydrogen-bond acceptors (Lipinski definition) is 2. The summed E-state index contributed by atoms with van der Waals surface area (Å²) >= 11 is 3.17. The summed E-state index contributed by atoms with van der Waals surface area (Å²) in [6.45, 7) is 0. The third-order valence-corrected chi connectivity index (χ3v) is 3.09. The van der Waals surface area contributed by atoms with Crippen molar-refractivity contribution < 1.29 is 9.53 Å². The molecule has 0 unspecified atom stereocenters. The van der Waals surface area contributed by atoms with Crippen LogP contribution in [-0.4, -0.2) is 6.09 Å². The quantitative estimate of drug-likeness (QED) is 0.682. The van der Waals surface area contributed by atoms with Gasteiger partial charge in [-0.05, 0) is 17.5 Å². The van der Waals surface area contributed by atoms with Gasteiger partial charge in [-0.1, -0.05) is 24.3 Å². The maximum atomic E-state index is 11.5. The Morgan fingerprint density at radius 2 is 1.87 bits per heavy atom. The molecule has 4 heteroatoms. The molecule has 15 heavy (non-hydrogen) atoms. The molecule has 1 heterocycles. The van der Waals surface area contributed by atoms with E-state index in [9.17, 15) is 4.79 Å². The van der Waals surface area contributed by atoms with Gasteiger partial charge in [0.1, 0.15) is 5.75 Å². The lowest BCUT2D eigenvalue weighted by Gasteiger charge is -2.22.